The number of carbonyl (C=O) groups excluding carboxylic acids is 2. The second-order valence-electron chi connectivity index (χ2n) is 10.5. The monoisotopic (exact) mass is 602 g/mol. The van der Waals surface area contributed by atoms with Crippen LogP contribution in [0.1, 0.15) is 51.5 Å². The Bertz CT molecular complexity index is 1330. The van der Waals surface area contributed by atoms with Crippen LogP contribution in [0.15, 0.2) is 60.7 Å². The van der Waals surface area contributed by atoms with Gasteiger partial charge in [-0.3, -0.25) is 25.1 Å². The lowest BCUT2D eigenvalue weighted by Gasteiger charge is -2.30. The molecule has 2 aromatic carbocycles. The van der Waals surface area contributed by atoms with Crippen molar-refractivity contribution < 1.29 is 32.5 Å². The highest BCUT2D eigenvalue weighted by molar-refractivity contribution is 7.92. The van der Waals surface area contributed by atoms with Crippen molar-refractivity contribution >= 4 is 39.3 Å². The third-order valence-corrected chi connectivity index (χ3v) is 7.62. The Labute approximate surface area is 246 Å². The topological polar surface area (TPSA) is 157 Å². The zero-order valence-corrected chi connectivity index (χ0v) is 24.8. The molecule has 0 radical (unpaired) electrons. The molecular formula is C29H38N4O8S. The standard InChI is InChI=1S/C29H38N4O8S/c1-21(2)20-26(28(34)30-32(42(3,38)39)23-11-5-4-6-12-23)25(29(35)31-41-27-14-7-8-19-40-27)13-9-10-22-15-17-24(18-16-22)33(36)37/h4-6,9-12,15-18,21,25-27H,7-8,13-14,19-20H2,1-3H3,(H,30,34)(H,31,35)/b10-9+/t25-,26+,27?/m0/s1. The highest BCUT2D eigenvalue weighted by atomic mass is 32.2. The molecular weight excluding hydrogens is 564 g/mol. The van der Waals surface area contributed by atoms with Crippen LogP contribution in [0.4, 0.5) is 11.4 Å². The van der Waals surface area contributed by atoms with Crippen LogP contribution in [0.2, 0.25) is 0 Å². The number of hydrazine groups is 1. The van der Waals surface area contributed by atoms with E-state index < -0.39 is 44.9 Å². The molecule has 1 fully saturated rings. The molecule has 13 heteroatoms. The van der Waals surface area contributed by atoms with Gasteiger partial charge < -0.3 is 4.74 Å². The number of hydrogen-bond acceptors (Lipinski definition) is 8. The number of nitro groups is 1. The maximum atomic E-state index is 13.7. The fraction of sp³-hybridized carbons (Fsp3) is 0.448. The van der Waals surface area contributed by atoms with Crippen LogP contribution in [-0.2, 0) is 29.2 Å². The fourth-order valence-corrected chi connectivity index (χ4v) is 5.32. The first-order chi connectivity index (χ1) is 20.0. The molecule has 1 aliphatic heterocycles. The highest BCUT2D eigenvalue weighted by Crippen LogP contribution is 2.27. The highest BCUT2D eigenvalue weighted by Gasteiger charge is 2.36. The number of ether oxygens (including phenoxy) is 1. The molecule has 0 saturated carbocycles. The van der Waals surface area contributed by atoms with E-state index in [1.807, 2.05) is 13.8 Å². The van der Waals surface area contributed by atoms with Crippen molar-refractivity contribution in [2.75, 3.05) is 17.3 Å². The number of nitro benzene ring substituents is 1. The first-order valence-electron chi connectivity index (χ1n) is 13.8. The number of carbonyl (C=O) groups is 2. The molecule has 12 nitrogen and oxygen atoms in total. The van der Waals surface area contributed by atoms with E-state index in [0.29, 0.717) is 18.6 Å². The lowest BCUT2D eigenvalue weighted by atomic mass is 9.82. The predicted molar refractivity (Wildman–Crippen MR) is 158 cm³/mol. The maximum absolute atomic E-state index is 13.7. The normalized spacial score (nSPS) is 17.0. The second kappa shape index (κ2) is 15.4. The Morgan fingerprint density at radius 1 is 1.10 bits per heavy atom. The molecule has 0 bridgehead atoms. The average Bonchev–Trinajstić information content (AvgIpc) is 2.96. The summed E-state index contributed by atoms with van der Waals surface area (Å²) in [6, 6.07) is 14.0. The smallest absolute Gasteiger partial charge is 0.269 e. The van der Waals surface area contributed by atoms with Crippen LogP contribution in [0.3, 0.4) is 0 Å². The van der Waals surface area contributed by atoms with Crippen molar-refractivity contribution in [3.8, 4) is 0 Å². The number of nitrogens with one attached hydrogen (secondary N) is 2. The van der Waals surface area contributed by atoms with Gasteiger partial charge in [0.25, 0.3) is 5.69 Å². The number of benzene rings is 2. The minimum absolute atomic E-state index is 0.0132. The summed E-state index contributed by atoms with van der Waals surface area (Å²) in [5.41, 5.74) is 5.84. The maximum Gasteiger partial charge on any atom is 0.269 e. The number of nitrogens with zero attached hydrogens (tertiary/aromatic N) is 2. The molecule has 2 amide bonds. The summed E-state index contributed by atoms with van der Waals surface area (Å²) < 4.78 is 31.6. The van der Waals surface area contributed by atoms with Gasteiger partial charge in [0.05, 0.1) is 28.7 Å². The second-order valence-corrected chi connectivity index (χ2v) is 12.4. The van der Waals surface area contributed by atoms with Crippen LogP contribution in [-0.4, -0.2) is 44.3 Å². The Balaban J connectivity index is 1.87. The Morgan fingerprint density at radius 2 is 1.79 bits per heavy atom. The van der Waals surface area contributed by atoms with Crippen molar-refractivity contribution in [1.29, 1.82) is 0 Å². The molecule has 1 heterocycles. The fourth-order valence-electron chi connectivity index (χ4n) is 4.56. The molecule has 0 aromatic heterocycles. The van der Waals surface area contributed by atoms with Gasteiger partial charge in [0.15, 0.2) is 6.29 Å². The van der Waals surface area contributed by atoms with E-state index in [9.17, 15) is 28.1 Å². The van der Waals surface area contributed by atoms with E-state index in [-0.39, 0.29) is 30.1 Å². The van der Waals surface area contributed by atoms with Crippen molar-refractivity contribution in [2.24, 2.45) is 17.8 Å². The molecule has 1 aliphatic rings. The lowest BCUT2D eigenvalue weighted by Crippen LogP contribution is -2.51. The zero-order chi connectivity index (χ0) is 30.7. The summed E-state index contributed by atoms with van der Waals surface area (Å²) >= 11 is 0. The van der Waals surface area contributed by atoms with Gasteiger partial charge in [-0.25, -0.2) is 18.7 Å². The Kier molecular flexibility index (Phi) is 12.0. The van der Waals surface area contributed by atoms with Crippen LogP contribution >= 0.6 is 0 Å². The molecule has 1 saturated heterocycles. The van der Waals surface area contributed by atoms with E-state index in [4.69, 9.17) is 9.57 Å². The number of para-hydroxylation sites is 1. The number of rotatable bonds is 14. The number of amides is 2. The number of hydrogen-bond donors (Lipinski definition) is 2. The van der Waals surface area contributed by atoms with Crippen molar-refractivity contribution in [2.45, 2.75) is 52.2 Å². The molecule has 1 unspecified atom stereocenters. The Hall–Kier alpha value is -3.81. The molecule has 3 rings (SSSR count). The molecule has 2 aromatic rings. The third kappa shape index (κ3) is 9.93. The van der Waals surface area contributed by atoms with E-state index >= 15 is 0 Å². The molecule has 3 atom stereocenters. The quantitative estimate of drug-likeness (QED) is 0.239. The van der Waals surface area contributed by atoms with Crippen molar-refractivity contribution in [3.63, 3.8) is 0 Å². The third-order valence-electron chi connectivity index (χ3n) is 6.65. The number of anilines is 1. The number of non-ortho nitro benzene ring substituents is 1. The van der Waals surface area contributed by atoms with Gasteiger partial charge >= 0.3 is 0 Å². The summed E-state index contributed by atoms with van der Waals surface area (Å²) in [4.78, 5) is 43.3. The Morgan fingerprint density at radius 3 is 2.36 bits per heavy atom. The number of sulfonamides is 1. The van der Waals surface area contributed by atoms with E-state index in [1.54, 1.807) is 54.6 Å². The largest absolute Gasteiger partial charge is 0.350 e. The minimum Gasteiger partial charge on any atom is -0.350 e. The van der Waals surface area contributed by atoms with E-state index in [0.717, 1.165) is 23.5 Å². The summed E-state index contributed by atoms with van der Waals surface area (Å²) in [7, 11) is -3.91. The van der Waals surface area contributed by atoms with Crippen LogP contribution < -0.4 is 15.3 Å². The van der Waals surface area contributed by atoms with Gasteiger partial charge in [0, 0.05) is 25.2 Å². The van der Waals surface area contributed by atoms with Gasteiger partial charge in [0.1, 0.15) is 0 Å². The van der Waals surface area contributed by atoms with Crippen LogP contribution in [0, 0.1) is 27.9 Å². The molecule has 0 spiro atoms. The summed E-state index contributed by atoms with van der Waals surface area (Å²) in [6.45, 7) is 4.32. The summed E-state index contributed by atoms with van der Waals surface area (Å²) in [5, 5.41) is 11.0. The first kappa shape index (κ1) is 32.7. The first-order valence-corrected chi connectivity index (χ1v) is 15.6. The van der Waals surface area contributed by atoms with E-state index in [2.05, 4.69) is 10.9 Å². The minimum atomic E-state index is -3.91. The van der Waals surface area contributed by atoms with Gasteiger partial charge in [-0.05, 0) is 61.4 Å². The summed E-state index contributed by atoms with van der Waals surface area (Å²) in [6.07, 6.45) is 6.57. The van der Waals surface area contributed by atoms with Gasteiger partial charge in [0.2, 0.25) is 21.8 Å². The van der Waals surface area contributed by atoms with Crippen molar-refractivity contribution in [3.05, 3.63) is 76.4 Å². The van der Waals surface area contributed by atoms with Crippen LogP contribution in [0.5, 0.6) is 0 Å². The molecule has 228 valence electrons. The van der Waals surface area contributed by atoms with Gasteiger partial charge in [-0.15, -0.1) is 0 Å². The molecule has 42 heavy (non-hydrogen) atoms. The number of allylic oxidation sites excluding steroid dienone is 1. The van der Waals surface area contributed by atoms with Gasteiger partial charge in [-0.2, -0.15) is 4.41 Å². The van der Waals surface area contributed by atoms with Crippen molar-refractivity contribution in [1.82, 2.24) is 10.9 Å². The number of hydroxylamine groups is 1. The molecule has 2 N–H and O–H groups in total. The van der Waals surface area contributed by atoms with Crippen LogP contribution in [0.25, 0.3) is 6.08 Å². The van der Waals surface area contributed by atoms with Gasteiger partial charge in [-0.1, -0.05) is 44.2 Å². The molecule has 0 aliphatic carbocycles. The zero-order valence-electron chi connectivity index (χ0n) is 24.0. The SMILES string of the molecule is CC(C)C[C@@H](C(=O)NN(c1ccccc1)S(C)(=O)=O)[C@H](C/C=C/c1ccc([N+](=O)[O-])cc1)C(=O)NOC1CCCCO1. The predicted octanol–water partition coefficient (Wildman–Crippen LogP) is 4.35. The lowest BCUT2D eigenvalue weighted by molar-refractivity contribution is -0.384. The summed E-state index contributed by atoms with van der Waals surface area (Å²) in [5.74, 6) is -3.08. The van der Waals surface area contributed by atoms with E-state index in [1.165, 1.54) is 12.1 Å². The average molecular weight is 603 g/mol.